The van der Waals surface area contributed by atoms with Gasteiger partial charge in [0.25, 0.3) is 0 Å². The zero-order chi connectivity index (χ0) is 12.5. The second kappa shape index (κ2) is 4.04. The lowest BCUT2D eigenvalue weighted by molar-refractivity contribution is -0.137. The van der Waals surface area contributed by atoms with Crippen LogP contribution in [0, 0.1) is 0 Å². The molecule has 3 nitrogen and oxygen atoms in total. The first-order valence-electron chi connectivity index (χ1n) is 4.69. The zero-order valence-electron chi connectivity index (χ0n) is 8.45. The first kappa shape index (κ1) is 11.4. The summed E-state index contributed by atoms with van der Waals surface area (Å²) in [6.07, 6.45) is -1.64. The van der Waals surface area contributed by atoms with Crippen LogP contribution in [0.2, 0.25) is 0 Å². The third-order valence-corrected chi connectivity index (χ3v) is 2.22. The molecule has 6 heteroatoms. The topological polar surface area (TPSA) is 45.8 Å². The Balaban J connectivity index is 2.36. The molecule has 0 aliphatic rings. The van der Waals surface area contributed by atoms with Gasteiger partial charge in [0, 0.05) is 18.0 Å². The average molecular weight is 240 g/mol. The number of rotatable bonds is 1. The normalized spacial score (nSPS) is 11.5. The molecular formula is C11H7F3N2O. The summed E-state index contributed by atoms with van der Waals surface area (Å²) in [5.41, 5.74) is -0.0978. The molecule has 88 valence electrons. The van der Waals surface area contributed by atoms with Crippen molar-refractivity contribution < 1.29 is 13.2 Å². The second-order valence-corrected chi connectivity index (χ2v) is 3.38. The van der Waals surface area contributed by atoms with Crippen LogP contribution in [0.25, 0.3) is 11.1 Å². The highest BCUT2D eigenvalue weighted by atomic mass is 19.4. The van der Waals surface area contributed by atoms with Crippen LogP contribution in [-0.2, 0) is 6.18 Å². The van der Waals surface area contributed by atoms with E-state index in [1.165, 1.54) is 24.5 Å². The number of nitrogens with one attached hydrogen (secondary N) is 1. The Kier molecular flexibility index (Phi) is 2.71. The maximum Gasteiger partial charge on any atom is 0.416 e. The quantitative estimate of drug-likeness (QED) is 0.832. The summed E-state index contributed by atoms with van der Waals surface area (Å²) in [6, 6.07) is 4.64. The molecule has 2 rings (SSSR count). The number of aromatic amines is 1. The van der Waals surface area contributed by atoms with E-state index in [-0.39, 0.29) is 0 Å². The molecule has 1 N–H and O–H groups in total. The fourth-order valence-corrected chi connectivity index (χ4v) is 1.35. The Morgan fingerprint density at radius 3 is 2.18 bits per heavy atom. The molecule has 0 fully saturated rings. The van der Waals surface area contributed by atoms with Crippen molar-refractivity contribution in [2.75, 3.05) is 0 Å². The number of hydrogen-bond donors (Lipinski definition) is 1. The minimum atomic E-state index is -4.35. The van der Waals surface area contributed by atoms with Gasteiger partial charge in [0.05, 0.1) is 5.56 Å². The van der Waals surface area contributed by atoms with Gasteiger partial charge in [-0.15, -0.1) is 0 Å². The number of benzene rings is 1. The van der Waals surface area contributed by atoms with Gasteiger partial charge in [-0.2, -0.15) is 13.2 Å². The van der Waals surface area contributed by atoms with Crippen molar-refractivity contribution >= 4 is 0 Å². The van der Waals surface area contributed by atoms with Crippen molar-refractivity contribution in [2.24, 2.45) is 0 Å². The van der Waals surface area contributed by atoms with Gasteiger partial charge in [-0.1, -0.05) is 12.1 Å². The average Bonchev–Trinajstić information content (AvgIpc) is 2.29. The highest BCUT2D eigenvalue weighted by molar-refractivity contribution is 5.61. The molecule has 1 heterocycles. The monoisotopic (exact) mass is 240 g/mol. The molecule has 17 heavy (non-hydrogen) atoms. The van der Waals surface area contributed by atoms with E-state index in [1.54, 1.807) is 0 Å². The van der Waals surface area contributed by atoms with Crippen LogP contribution in [0.1, 0.15) is 5.56 Å². The lowest BCUT2D eigenvalue weighted by Crippen LogP contribution is -2.08. The van der Waals surface area contributed by atoms with Crippen molar-refractivity contribution in [3.63, 3.8) is 0 Å². The summed E-state index contributed by atoms with van der Waals surface area (Å²) in [7, 11) is 0. The van der Waals surface area contributed by atoms with Crippen molar-refractivity contribution in [3.8, 4) is 11.1 Å². The zero-order valence-corrected chi connectivity index (χ0v) is 8.45. The summed E-state index contributed by atoms with van der Waals surface area (Å²) in [5.74, 6) is 0. The standard InChI is InChI=1S/C11H7F3N2O/c12-11(13,14)9-3-1-7(2-4-9)8-5-15-10(17)16-6-8/h1-6H,(H,15,16,17). The van der Waals surface area contributed by atoms with E-state index in [4.69, 9.17) is 0 Å². The van der Waals surface area contributed by atoms with Gasteiger partial charge >= 0.3 is 11.9 Å². The molecule has 0 amide bonds. The first-order chi connectivity index (χ1) is 7.97. The minimum Gasteiger partial charge on any atom is -0.312 e. The highest BCUT2D eigenvalue weighted by Gasteiger charge is 2.29. The van der Waals surface area contributed by atoms with Gasteiger partial charge in [-0.3, -0.25) is 0 Å². The number of alkyl halides is 3. The summed E-state index contributed by atoms with van der Waals surface area (Å²) in [5, 5.41) is 0. The van der Waals surface area contributed by atoms with Crippen LogP contribution < -0.4 is 5.69 Å². The molecule has 0 saturated carbocycles. The molecule has 0 radical (unpaired) electrons. The molecule has 0 bridgehead atoms. The maximum absolute atomic E-state index is 12.3. The second-order valence-electron chi connectivity index (χ2n) is 3.38. The summed E-state index contributed by atoms with van der Waals surface area (Å²) >= 11 is 0. The number of H-pyrrole nitrogens is 1. The Bertz CT molecular complexity index is 552. The van der Waals surface area contributed by atoms with E-state index >= 15 is 0 Å². The molecule has 0 atom stereocenters. The Hall–Kier alpha value is -2.11. The molecule has 0 saturated heterocycles. The molecule has 0 unspecified atom stereocenters. The SMILES string of the molecule is O=c1ncc(-c2ccc(C(F)(F)F)cc2)c[nH]1. The van der Waals surface area contributed by atoms with Crippen LogP contribution >= 0.6 is 0 Å². The number of halogens is 3. The third kappa shape index (κ3) is 2.52. The largest absolute Gasteiger partial charge is 0.416 e. The fourth-order valence-electron chi connectivity index (χ4n) is 1.35. The molecular weight excluding hydrogens is 233 g/mol. The van der Waals surface area contributed by atoms with Crippen molar-refractivity contribution in [1.29, 1.82) is 0 Å². The van der Waals surface area contributed by atoms with E-state index in [2.05, 4.69) is 9.97 Å². The van der Waals surface area contributed by atoms with Crippen molar-refractivity contribution in [1.82, 2.24) is 9.97 Å². The van der Waals surface area contributed by atoms with E-state index < -0.39 is 17.4 Å². The fraction of sp³-hybridized carbons (Fsp3) is 0.0909. The van der Waals surface area contributed by atoms with Gasteiger partial charge in [-0.05, 0) is 17.7 Å². The van der Waals surface area contributed by atoms with Crippen molar-refractivity contribution in [2.45, 2.75) is 6.18 Å². The summed E-state index contributed by atoms with van der Waals surface area (Å²) in [6.45, 7) is 0. The maximum atomic E-state index is 12.3. The smallest absolute Gasteiger partial charge is 0.312 e. The summed E-state index contributed by atoms with van der Waals surface area (Å²) in [4.78, 5) is 16.6. The van der Waals surface area contributed by atoms with Gasteiger partial charge in [-0.25, -0.2) is 9.78 Å². The molecule has 2 aromatic rings. The molecule has 0 aliphatic carbocycles. The Labute approximate surface area is 94.0 Å². The first-order valence-corrected chi connectivity index (χ1v) is 4.69. The third-order valence-electron chi connectivity index (χ3n) is 2.22. The van der Waals surface area contributed by atoms with E-state index in [1.807, 2.05) is 0 Å². The van der Waals surface area contributed by atoms with Crippen LogP contribution in [0.15, 0.2) is 41.5 Å². The predicted octanol–water partition coefficient (Wildman–Crippen LogP) is 2.46. The molecule has 0 aliphatic heterocycles. The van der Waals surface area contributed by atoms with Gasteiger partial charge in [0.1, 0.15) is 0 Å². The number of aromatic nitrogens is 2. The summed E-state index contributed by atoms with van der Waals surface area (Å²) < 4.78 is 36.9. The minimum absolute atomic E-state index is 0.499. The van der Waals surface area contributed by atoms with Crippen molar-refractivity contribution in [3.05, 3.63) is 52.7 Å². The van der Waals surface area contributed by atoms with E-state index in [0.717, 1.165) is 12.1 Å². The van der Waals surface area contributed by atoms with E-state index in [9.17, 15) is 18.0 Å². The molecule has 0 spiro atoms. The van der Waals surface area contributed by atoms with Crippen LogP contribution in [-0.4, -0.2) is 9.97 Å². The Morgan fingerprint density at radius 1 is 1.06 bits per heavy atom. The predicted molar refractivity (Wildman–Crippen MR) is 55.3 cm³/mol. The van der Waals surface area contributed by atoms with Gasteiger partial charge < -0.3 is 4.98 Å². The molecule has 1 aromatic heterocycles. The van der Waals surface area contributed by atoms with Gasteiger partial charge in [0.15, 0.2) is 0 Å². The van der Waals surface area contributed by atoms with Crippen LogP contribution in [0.4, 0.5) is 13.2 Å². The van der Waals surface area contributed by atoms with Crippen LogP contribution in [0.3, 0.4) is 0 Å². The lowest BCUT2D eigenvalue weighted by atomic mass is 10.1. The molecule has 1 aromatic carbocycles. The number of nitrogens with zero attached hydrogens (tertiary/aromatic N) is 1. The number of hydrogen-bond acceptors (Lipinski definition) is 2. The Morgan fingerprint density at radius 2 is 1.71 bits per heavy atom. The van der Waals surface area contributed by atoms with Gasteiger partial charge in [0.2, 0.25) is 0 Å². The highest BCUT2D eigenvalue weighted by Crippen LogP contribution is 2.30. The lowest BCUT2D eigenvalue weighted by Gasteiger charge is -2.07. The van der Waals surface area contributed by atoms with E-state index in [0.29, 0.717) is 11.1 Å². The van der Waals surface area contributed by atoms with Crippen LogP contribution in [0.5, 0.6) is 0 Å².